The first kappa shape index (κ1) is 14.0. The Balaban J connectivity index is 2.64. The fourth-order valence-corrected chi connectivity index (χ4v) is 1.80. The second-order valence-corrected chi connectivity index (χ2v) is 5.44. The third-order valence-electron chi connectivity index (χ3n) is 2.83. The number of hydrogen-bond donors (Lipinski definition) is 2. The van der Waals surface area contributed by atoms with Crippen LogP contribution in [0, 0.1) is 0 Å². The van der Waals surface area contributed by atoms with Crippen molar-refractivity contribution in [2.75, 3.05) is 6.61 Å². The average Bonchev–Trinajstić information content (AvgIpc) is 2.30. The molecule has 4 heteroatoms. The zero-order valence-corrected chi connectivity index (χ0v) is 11.9. The Morgan fingerprint density at radius 3 is 2.69 bits per heavy atom. The normalized spacial score (nSPS) is 14.8. The monoisotopic (exact) mass is 305 g/mol. The van der Waals surface area contributed by atoms with Gasteiger partial charge in [0, 0.05) is 16.6 Å². The van der Waals surface area contributed by atoms with Crippen molar-refractivity contribution in [3.05, 3.63) is 33.3 Å². The molecule has 1 unspecified atom stereocenters. The minimum Gasteiger partial charge on any atom is -0.394 e. The highest BCUT2D eigenvalue weighted by Gasteiger charge is 2.19. The van der Waals surface area contributed by atoms with E-state index in [9.17, 15) is 5.11 Å². The molecule has 0 aromatic heterocycles. The van der Waals surface area contributed by atoms with E-state index in [0.717, 1.165) is 23.0 Å². The highest BCUT2D eigenvalue weighted by Crippen LogP contribution is 2.23. The van der Waals surface area contributed by atoms with Crippen LogP contribution < -0.4 is 5.32 Å². The maximum Gasteiger partial charge on any atom is 0.0610 e. The Morgan fingerprint density at radius 1 is 1.50 bits per heavy atom. The molecule has 0 radical (unpaired) electrons. The van der Waals surface area contributed by atoms with Gasteiger partial charge in [-0.25, -0.2) is 0 Å². The lowest BCUT2D eigenvalue weighted by Crippen LogP contribution is -2.44. The molecule has 1 atom stereocenters. The average molecular weight is 307 g/mol. The van der Waals surface area contributed by atoms with Crippen LogP contribution in [0.1, 0.15) is 25.8 Å². The quantitative estimate of drug-likeness (QED) is 0.874. The summed E-state index contributed by atoms with van der Waals surface area (Å²) in [5.41, 5.74) is 0.927. The largest absolute Gasteiger partial charge is 0.394 e. The van der Waals surface area contributed by atoms with Gasteiger partial charge in [-0.2, -0.15) is 0 Å². The van der Waals surface area contributed by atoms with Crippen molar-refractivity contribution in [1.82, 2.24) is 5.32 Å². The van der Waals surface area contributed by atoms with Crippen LogP contribution in [0.2, 0.25) is 5.02 Å². The molecule has 0 aliphatic carbocycles. The zero-order chi connectivity index (χ0) is 12.2. The second-order valence-electron chi connectivity index (χ2n) is 4.17. The number of nitrogens with one attached hydrogen (secondary N) is 1. The molecule has 2 N–H and O–H groups in total. The van der Waals surface area contributed by atoms with E-state index in [1.54, 1.807) is 0 Å². The zero-order valence-electron chi connectivity index (χ0n) is 9.56. The van der Waals surface area contributed by atoms with E-state index in [0.29, 0.717) is 5.02 Å². The molecule has 90 valence electrons. The molecule has 0 fully saturated rings. The van der Waals surface area contributed by atoms with Crippen LogP contribution in [-0.4, -0.2) is 17.3 Å². The second kappa shape index (κ2) is 6.01. The van der Waals surface area contributed by atoms with Crippen LogP contribution in [0.3, 0.4) is 0 Å². The van der Waals surface area contributed by atoms with E-state index in [4.69, 9.17) is 11.6 Å². The first-order valence-electron chi connectivity index (χ1n) is 5.30. The lowest BCUT2D eigenvalue weighted by atomic mass is 10.00. The van der Waals surface area contributed by atoms with Crippen molar-refractivity contribution in [2.45, 2.75) is 32.4 Å². The summed E-state index contributed by atoms with van der Waals surface area (Å²) in [6, 6.07) is 5.83. The highest BCUT2D eigenvalue weighted by atomic mass is 79.9. The van der Waals surface area contributed by atoms with E-state index >= 15 is 0 Å². The molecular weight excluding hydrogens is 289 g/mol. The predicted octanol–water partition coefficient (Wildman–Crippen LogP) is 3.35. The first-order valence-corrected chi connectivity index (χ1v) is 6.47. The van der Waals surface area contributed by atoms with Crippen LogP contribution in [0.5, 0.6) is 0 Å². The number of aliphatic hydroxyl groups is 1. The number of benzene rings is 1. The summed E-state index contributed by atoms with van der Waals surface area (Å²) in [7, 11) is 0. The van der Waals surface area contributed by atoms with Gasteiger partial charge in [-0.3, -0.25) is 0 Å². The number of halogens is 2. The van der Waals surface area contributed by atoms with Crippen molar-refractivity contribution in [2.24, 2.45) is 0 Å². The summed E-state index contributed by atoms with van der Waals surface area (Å²) in [6.45, 7) is 4.93. The Kier molecular flexibility index (Phi) is 5.25. The molecule has 0 amide bonds. The molecular formula is C12H17BrClNO. The Bertz CT molecular complexity index is 353. The van der Waals surface area contributed by atoms with E-state index in [2.05, 4.69) is 28.2 Å². The summed E-state index contributed by atoms with van der Waals surface area (Å²) in [5, 5.41) is 13.3. The van der Waals surface area contributed by atoms with Crippen LogP contribution in [-0.2, 0) is 6.54 Å². The van der Waals surface area contributed by atoms with Gasteiger partial charge in [0.2, 0.25) is 0 Å². The fraction of sp³-hybridized carbons (Fsp3) is 0.500. The number of aliphatic hydroxyl groups excluding tert-OH is 1. The van der Waals surface area contributed by atoms with Crippen LogP contribution in [0.25, 0.3) is 0 Å². The van der Waals surface area contributed by atoms with Crippen molar-refractivity contribution in [3.63, 3.8) is 0 Å². The van der Waals surface area contributed by atoms with Crippen LogP contribution in [0.15, 0.2) is 22.7 Å². The topological polar surface area (TPSA) is 32.3 Å². The molecule has 0 aliphatic rings. The Hall–Kier alpha value is -0.0900. The van der Waals surface area contributed by atoms with Gasteiger partial charge in [0.15, 0.2) is 0 Å². The SMILES string of the molecule is CCC(C)(CO)NCc1ccc(Cl)c(Br)c1. The van der Waals surface area contributed by atoms with Crippen molar-refractivity contribution >= 4 is 27.5 Å². The molecule has 0 aliphatic heterocycles. The summed E-state index contributed by atoms with van der Waals surface area (Å²) >= 11 is 9.31. The summed E-state index contributed by atoms with van der Waals surface area (Å²) in [5.74, 6) is 0. The summed E-state index contributed by atoms with van der Waals surface area (Å²) in [6.07, 6.45) is 0.887. The Labute approximate surface area is 110 Å². The Morgan fingerprint density at radius 2 is 2.19 bits per heavy atom. The first-order chi connectivity index (χ1) is 7.50. The third kappa shape index (κ3) is 3.74. The third-order valence-corrected chi connectivity index (χ3v) is 4.05. The van der Waals surface area contributed by atoms with E-state index in [1.165, 1.54) is 0 Å². The molecule has 16 heavy (non-hydrogen) atoms. The molecule has 1 rings (SSSR count). The van der Waals surface area contributed by atoms with Gasteiger partial charge in [0.05, 0.1) is 11.6 Å². The molecule has 2 nitrogen and oxygen atoms in total. The molecule has 1 aromatic rings. The number of rotatable bonds is 5. The minimum absolute atomic E-state index is 0.137. The van der Waals surface area contributed by atoms with Crippen molar-refractivity contribution in [1.29, 1.82) is 0 Å². The molecule has 1 aromatic carbocycles. The predicted molar refractivity (Wildman–Crippen MR) is 71.8 cm³/mol. The van der Waals surface area contributed by atoms with Gasteiger partial charge in [-0.15, -0.1) is 0 Å². The lowest BCUT2D eigenvalue weighted by molar-refractivity contribution is 0.169. The molecule has 0 saturated carbocycles. The van der Waals surface area contributed by atoms with Crippen LogP contribution >= 0.6 is 27.5 Å². The van der Waals surface area contributed by atoms with Gasteiger partial charge < -0.3 is 10.4 Å². The molecule has 0 heterocycles. The van der Waals surface area contributed by atoms with E-state index < -0.39 is 0 Å². The maximum absolute atomic E-state index is 9.27. The van der Waals surface area contributed by atoms with Gasteiger partial charge in [0.1, 0.15) is 0 Å². The summed E-state index contributed by atoms with van der Waals surface area (Å²) in [4.78, 5) is 0. The maximum atomic E-state index is 9.27. The molecule has 0 bridgehead atoms. The standard InChI is InChI=1S/C12H17BrClNO/c1-3-12(2,8-16)15-7-9-4-5-11(14)10(13)6-9/h4-6,15-16H,3,7-8H2,1-2H3. The van der Waals surface area contributed by atoms with E-state index in [-0.39, 0.29) is 12.1 Å². The highest BCUT2D eigenvalue weighted by molar-refractivity contribution is 9.10. The van der Waals surface area contributed by atoms with Gasteiger partial charge in [-0.05, 0) is 47.0 Å². The van der Waals surface area contributed by atoms with Gasteiger partial charge in [-0.1, -0.05) is 24.6 Å². The van der Waals surface area contributed by atoms with Gasteiger partial charge in [0.25, 0.3) is 0 Å². The smallest absolute Gasteiger partial charge is 0.0610 e. The van der Waals surface area contributed by atoms with Crippen molar-refractivity contribution in [3.8, 4) is 0 Å². The van der Waals surface area contributed by atoms with Crippen molar-refractivity contribution < 1.29 is 5.11 Å². The summed E-state index contributed by atoms with van der Waals surface area (Å²) < 4.78 is 0.899. The van der Waals surface area contributed by atoms with E-state index in [1.807, 2.05) is 25.1 Å². The molecule has 0 saturated heterocycles. The number of hydrogen-bond acceptors (Lipinski definition) is 2. The van der Waals surface area contributed by atoms with Gasteiger partial charge >= 0.3 is 0 Å². The fourth-order valence-electron chi connectivity index (χ4n) is 1.26. The lowest BCUT2D eigenvalue weighted by Gasteiger charge is -2.27. The van der Waals surface area contributed by atoms with Crippen LogP contribution in [0.4, 0.5) is 0 Å². The molecule has 0 spiro atoms. The minimum atomic E-state index is -0.216.